The Balaban J connectivity index is 1.63. The molecular weight excluding hydrogens is 224 g/mol. The van der Waals surface area contributed by atoms with Crippen molar-refractivity contribution in [3.8, 4) is 0 Å². The number of likely N-dealkylation sites (tertiary alicyclic amines) is 1. The van der Waals surface area contributed by atoms with Crippen LogP contribution in [0.1, 0.15) is 18.4 Å². The van der Waals surface area contributed by atoms with E-state index in [-0.39, 0.29) is 5.60 Å². The van der Waals surface area contributed by atoms with Crippen LogP contribution in [0.3, 0.4) is 0 Å². The molecule has 2 aliphatic heterocycles. The summed E-state index contributed by atoms with van der Waals surface area (Å²) in [6, 6.07) is 3.79. The van der Waals surface area contributed by atoms with Gasteiger partial charge < -0.3 is 4.74 Å². The van der Waals surface area contributed by atoms with E-state index in [2.05, 4.69) is 4.90 Å². The third kappa shape index (κ3) is 2.33. The molecule has 0 amide bonds. The summed E-state index contributed by atoms with van der Waals surface area (Å²) >= 11 is 0. The number of ether oxygens (including phenoxy) is 1. The highest BCUT2D eigenvalue weighted by atomic mass is 19.1. The molecule has 1 aromatic carbocycles. The monoisotopic (exact) mass is 239 g/mol. The van der Waals surface area contributed by atoms with Gasteiger partial charge in [-0.05, 0) is 18.9 Å². The van der Waals surface area contributed by atoms with Crippen molar-refractivity contribution in [1.82, 2.24) is 4.90 Å². The van der Waals surface area contributed by atoms with Gasteiger partial charge in [-0.2, -0.15) is 0 Å². The standard InChI is InChI=1S/C13H15F2NO/c14-11-2-1-10(12(15)7-11)8-16-5-3-13(4-6-16)9-17-13/h1-2,7H,3-6,8-9H2. The quantitative estimate of drug-likeness (QED) is 0.736. The van der Waals surface area contributed by atoms with Gasteiger partial charge in [-0.1, -0.05) is 6.07 Å². The normalized spacial score (nSPS) is 22.9. The summed E-state index contributed by atoms with van der Waals surface area (Å²) < 4.78 is 31.7. The average molecular weight is 239 g/mol. The molecule has 0 atom stereocenters. The molecule has 1 spiro atoms. The van der Waals surface area contributed by atoms with Crippen LogP contribution in [0.15, 0.2) is 18.2 Å². The van der Waals surface area contributed by atoms with E-state index in [4.69, 9.17) is 4.74 Å². The lowest BCUT2D eigenvalue weighted by atomic mass is 9.97. The Hall–Kier alpha value is -1.00. The number of epoxide rings is 1. The van der Waals surface area contributed by atoms with Crippen molar-refractivity contribution in [2.24, 2.45) is 0 Å². The molecule has 2 nitrogen and oxygen atoms in total. The van der Waals surface area contributed by atoms with Gasteiger partial charge in [-0.3, -0.25) is 4.90 Å². The Bertz CT molecular complexity index is 421. The molecule has 0 bridgehead atoms. The van der Waals surface area contributed by atoms with Gasteiger partial charge in [0.1, 0.15) is 11.6 Å². The first-order valence-electron chi connectivity index (χ1n) is 5.97. The van der Waals surface area contributed by atoms with Gasteiger partial charge in [0.2, 0.25) is 0 Å². The van der Waals surface area contributed by atoms with Crippen LogP contribution in [-0.2, 0) is 11.3 Å². The molecule has 3 rings (SSSR count). The first-order valence-corrected chi connectivity index (χ1v) is 5.97. The Morgan fingerprint density at radius 1 is 1.24 bits per heavy atom. The molecule has 1 aromatic rings. The van der Waals surface area contributed by atoms with Crippen LogP contribution in [0.25, 0.3) is 0 Å². The molecule has 0 unspecified atom stereocenters. The summed E-state index contributed by atoms with van der Waals surface area (Å²) in [4.78, 5) is 2.20. The molecule has 0 aromatic heterocycles. The summed E-state index contributed by atoms with van der Waals surface area (Å²) in [6.45, 7) is 3.29. The fourth-order valence-corrected chi connectivity index (χ4v) is 2.40. The van der Waals surface area contributed by atoms with Gasteiger partial charge in [-0.15, -0.1) is 0 Å². The SMILES string of the molecule is Fc1ccc(CN2CCC3(CC2)CO3)c(F)c1. The highest BCUT2D eigenvalue weighted by Crippen LogP contribution is 2.38. The molecule has 92 valence electrons. The molecular formula is C13H15F2NO. The van der Waals surface area contributed by atoms with E-state index >= 15 is 0 Å². The lowest BCUT2D eigenvalue weighted by molar-refractivity contribution is 0.140. The van der Waals surface area contributed by atoms with E-state index in [0.717, 1.165) is 38.6 Å². The predicted octanol–water partition coefficient (Wildman–Crippen LogP) is 2.33. The van der Waals surface area contributed by atoms with Crippen LogP contribution in [0.4, 0.5) is 8.78 Å². The zero-order valence-corrected chi connectivity index (χ0v) is 9.59. The van der Waals surface area contributed by atoms with Crippen LogP contribution in [-0.4, -0.2) is 30.2 Å². The van der Waals surface area contributed by atoms with E-state index in [1.807, 2.05) is 0 Å². The van der Waals surface area contributed by atoms with E-state index in [1.165, 1.54) is 12.1 Å². The van der Waals surface area contributed by atoms with E-state index in [9.17, 15) is 8.78 Å². The number of hydrogen-bond donors (Lipinski definition) is 0. The van der Waals surface area contributed by atoms with Gasteiger partial charge >= 0.3 is 0 Å². The zero-order valence-electron chi connectivity index (χ0n) is 9.59. The van der Waals surface area contributed by atoms with Crippen molar-refractivity contribution in [1.29, 1.82) is 0 Å². The van der Waals surface area contributed by atoms with E-state index in [1.54, 1.807) is 0 Å². The minimum absolute atomic E-state index is 0.151. The van der Waals surface area contributed by atoms with Crippen LogP contribution in [0.2, 0.25) is 0 Å². The Kier molecular flexibility index (Phi) is 2.64. The molecule has 0 radical (unpaired) electrons. The second-order valence-electron chi connectivity index (χ2n) is 4.98. The fourth-order valence-electron chi connectivity index (χ4n) is 2.40. The van der Waals surface area contributed by atoms with Crippen LogP contribution in [0.5, 0.6) is 0 Å². The topological polar surface area (TPSA) is 15.8 Å². The third-order valence-electron chi connectivity index (χ3n) is 3.73. The lowest BCUT2D eigenvalue weighted by Gasteiger charge is -2.30. The minimum Gasteiger partial charge on any atom is -0.369 e. The molecule has 0 saturated carbocycles. The van der Waals surface area contributed by atoms with Crippen molar-refractivity contribution < 1.29 is 13.5 Å². The van der Waals surface area contributed by atoms with Gasteiger partial charge in [-0.25, -0.2) is 8.78 Å². The van der Waals surface area contributed by atoms with Gasteiger partial charge in [0.15, 0.2) is 0 Å². The average Bonchev–Trinajstić information content (AvgIpc) is 3.06. The number of benzene rings is 1. The van der Waals surface area contributed by atoms with Crippen molar-refractivity contribution >= 4 is 0 Å². The fraction of sp³-hybridized carbons (Fsp3) is 0.538. The molecule has 4 heteroatoms. The Morgan fingerprint density at radius 2 is 1.94 bits per heavy atom. The summed E-state index contributed by atoms with van der Waals surface area (Å²) in [6.07, 6.45) is 2.05. The second kappa shape index (κ2) is 4.03. The summed E-state index contributed by atoms with van der Waals surface area (Å²) in [5.74, 6) is -0.969. The van der Waals surface area contributed by atoms with E-state index < -0.39 is 11.6 Å². The number of piperidine rings is 1. The van der Waals surface area contributed by atoms with Crippen molar-refractivity contribution in [3.63, 3.8) is 0 Å². The molecule has 2 heterocycles. The zero-order chi connectivity index (χ0) is 11.9. The molecule has 17 heavy (non-hydrogen) atoms. The number of rotatable bonds is 2. The first-order chi connectivity index (χ1) is 8.17. The second-order valence-corrected chi connectivity index (χ2v) is 4.98. The molecule has 2 saturated heterocycles. The number of nitrogens with zero attached hydrogens (tertiary/aromatic N) is 1. The smallest absolute Gasteiger partial charge is 0.130 e. The maximum atomic E-state index is 13.5. The van der Waals surface area contributed by atoms with E-state index in [0.29, 0.717) is 12.1 Å². The first kappa shape index (κ1) is 11.1. The summed E-state index contributed by atoms with van der Waals surface area (Å²) in [7, 11) is 0. The molecule has 2 aliphatic rings. The Morgan fingerprint density at radius 3 is 2.53 bits per heavy atom. The third-order valence-corrected chi connectivity index (χ3v) is 3.73. The van der Waals surface area contributed by atoms with Gasteiger partial charge in [0.05, 0.1) is 12.2 Å². The van der Waals surface area contributed by atoms with Crippen molar-refractivity contribution in [3.05, 3.63) is 35.4 Å². The van der Waals surface area contributed by atoms with Gasteiger partial charge in [0.25, 0.3) is 0 Å². The number of halogens is 2. The maximum absolute atomic E-state index is 13.5. The Labute approximate surface area is 99.2 Å². The molecule has 0 N–H and O–H groups in total. The highest BCUT2D eigenvalue weighted by molar-refractivity contribution is 5.18. The van der Waals surface area contributed by atoms with Crippen LogP contribution in [0, 0.1) is 11.6 Å². The van der Waals surface area contributed by atoms with Crippen molar-refractivity contribution in [2.75, 3.05) is 19.7 Å². The maximum Gasteiger partial charge on any atom is 0.130 e. The molecule has 0 aliphatic carbocycles. The van der Waals surface area contributed by atoms with Crippen LogP contribution >= 0.6 is 0 Å². The predicted molar refractivity (Wildman–Crippen MR) is 59.6 cm³/mol. The van der Waals surface area contributed by atoms with Crippen molar-refractivity contribution in [2.45, 2.75) is 25.0 Å². The lowest BCUT2D eigenvalue weighted by Crippen LogP contribution is -2.37. The number of hydrogen-bond acceptors (Lipinski definition) is 2. The summed E-state index contributed by atoms with van der Waals surface area (Å²) in [5.41, 5.74) is 0.719. The van der Waals surface area contributed by atoms with Crippen LogP contribution < -0.4 is 0 Å². The van der Waals surface area contributed by atoms with Gasteiger partial charge in [0, 0.05) is 31.3 Å². The molecule has 2 fully saturated rings. The minimum atomic E-state index is -0.518. The summed E-state index contributed by atoms with van der Waals surface area (Å²) in [5, 5.41) is 0. The highest BCUT2D eigenvalue weighted by Gasteiger charge is 2.46. The largest absolute Gasteiger partial charge is 0.369 e.